The number of carbonyl (C=O) groups is 2. The molecule has 3 rings (SSSR count). The van der Waals surface area contributed by atoms with Crippen LogP contribution in [0.25, 0.3) is 0 Å². The van der Waals surface area contributed by atoms with Crippen LogP contribution in [0.4, 0.5) is 17.1 Å². The molecule has 1 N–H and O–H groups in total. The standard InChI is InChI=1S/C20H21ClN4O4/c1-14(26)15-2-4-16(5-3-15)24-10-8-23(9-11-24)13-20(27)22-19-7-6-17(25(28)29)12-18(19)21/h2-7,12H,8-11,13H2,1H3,(H,22,27). The van der Waals surface area contributed by atoms with Crippen LogP contribution in [0, 0.1) is 10.1 Å². The van der Waals surface area contributed by atoms with Crippen LogP contribution in [0.3, 0.4) is 0 Å². The third kappa shape index (κ3) is 5.30. The van der Waals surface area contributed by atoms with Gasteiger partial charge in [0.25, 0.3) is 5.69 Å². The highest BCUT2D eigenvalue weighted by Crippen LogP contribution is 2.26. The third-order valence-electron chi connectivity index (χ3n) is 4.82. The second-order valence-corrected chi connectivity index (χ2v) is 7.24. The third-order valence-corrected chi connectivity index (χ3v) is 5.13. The number of ketones is 1. The smallest absolute Gasteiger partial charge is 0.271 e. The van der Waals surface area contributed by atoms with Gasteiger partial charge in [0.2, 0.25) is 5.91 Å². The summed E-state index contributed by atoms with van der Waals surface area (Å²) in [5.41, 5.74) is 1.97. The van der Waals surface area contributed by atoms with Crippen LogP contribution in [0.5, 0.6) is 0 Å². The Morgan fingerprint density at radius 3 is 2.31 bits per heavy atom. The van der Waals surface area contributed by atoms with Crippen molar-refractivity contribution in [2.75, 3.05) is 42.9 Å². The molecule has 0 aliphatic carbocycles. The molecule has 0 radical (unpaired) electrons. The molecule has 1 saturated heterocycles. The number of anilines is 2. The summed E-state index contributed by atoms with van der Waals surface area (Å²) in [5.74, 6) is -0.180. The molecule has 0 atom stereocenters. The molecule has 0 aromatic heterocycles. The maximum Gasteiger partial charge on any atom is 0.271 e. The zero-order chi connectivity index (χ0) is 21.0. The first-order valence-electron chi connectivity index (χ1n) is 9.15. The molecule has 29 heavy (non-hydrogen) atoms. The minimum atomic E-state index is -0.537. The van der Waals surface area contributed by atoms with Gasteiger partial charge in [0.05, 0.1) is 22.2 Å². The van der Waals surface area contributed by atoms with Crippen molar-refractivity contribution in [2.45, 2.75) is 6.92 Å². The fourth-order valence-electron chi connectivity index (χ4n) is 3.18. The molecule has 0 spiro atoms. The first-order valence-corrected chi connectivity index (χ1v) is 9.53. The molecule has 1 aliphatic heterocycles. The highest BCUT2D eigenvalue weighted by atomic mass is 35.5. The lowest BCUT2D eigenvalue weighted by molar-refractivity contribution is -0.384. The Hall–Kier alpha value is -2.97. The fourth-order valence-corrected chi connectivity index (χ4v) is 3.40. The number of hydrogen-bond acceptors (Lipinski definition) is 6. The monoisotopic (exact) mass is 416 g/mol. The molecule has 2 aromatic rings. The highest BCUT2D eigenvalue weighted by molar-refractivity contribution is 6.34. The Morgan fingerprint density at radius 1 is 1.10 bits per heavy atom. The number of hydrogen-bond donors (Lipinski definition) is 1. The molecular weight excluding hydrogens is 396 g/mol. The van der Waals surface area contributed by atoms with Crippen molar-refractivity contribution >= 4 is 40.4 Å². The molecule has 152 valence electrons. The number of piperazine rings is 1. The van der Waals surface area contributed by atoms with Gasteiger partial charge in [-0.15, -0.1) is 0 Å². The second kappa shape index (κ2) is 9.02. The lowest BCUT2D eigenvalue weighted by Gasteiger charge is -2.35. The molecule has 9 heteroatoms. The first kappa shape index (κ1) is 20.8. The molecule has 2 aromatic carbocycles. The van der Waals surface area contributed by atoms with Crippen LogP contribution < -0.4 is 10.2 Å². The summed E-state index contributed by atoms with van der Waals surface area (Å²) in [6.07, 6.45) is 0. The van der Waals surface area contributed by atoms with Gasteiger partial charge in [-0.1, -0.05) is 11.6 Å². The van der Waals surface area contributed by atoms with E-state index in [1.807, 2.05) is 29.2 Å². The number of non-ortho nitro benzene ring substituents is 1. The largest absolute Gasteiger partial charge is 0.369 e. The molecule has 0 bridgehead atoms. The summed E-state index contributed by atoms with van der Waals surface area (Å²) in [5, 5.41) is 13.6. The Kier molecular flexibility index (Phi) is 6.46. The number of nitrogens with zero attached hydrogens (tertiary/aromatic N) is 3. The molecular formula is C20H21ClN4O4. The average Bonchev–Trinajstić information content (AvgIpc) is 2.70. The van der Waals surface area contributed by atoms with Crippen molar-refractivity contribution in [1.29, 1.82) is 0 Å². The van der Waals surface area contributed by atoms with Crippen LogP contribution in [-0.4, -0.2) is 54.2 Å². The zero-order valence-electron chi connectivity index (χ0n) is 15.9. The Balaban J connectivity index is 1.51. The average molecular weight is 417 g/mol. The van der Waals surface area contributed by atoms with Crippen molar-refractivity contribution in [3.8, 4) is 0 Å². The first-order chi connectivity index (χ1) is 13.8. The van der Waals surface area contributed by atoms with Crippen molar-refractivity contribution in [3.63, 3.8) is 0 Å². The molecule has 1 heterocycles. The molecule has 8 nitrogen and oxygen atoms in total. The van der Waals surface area contributed by atoms with E-state index in [0.29, 0.717) is 11.3 Å². The van der Waals surface area contributed by atoms with Crippen molar-refractivity contribution < 1.29 is 14.5 Å². The Bertz CT molecular complexity index is 925. The van der Waals surface area contributed by atoms with E-state index in [9.17, 15) is 19.7 Å². The van der Waals surface area contributed by atoms with Gasteiger partial charge in [-0.3, -0.25) is 24.6 Å². The molecule has 1 fully saturated rings. The Labute approximate surface area is 173 Å². The number of nitro groups is 1. The van der Waals surface area contributed by atoms with Gasteiger partial charge < -0.3 is 10.2 Å². The van der Waals surface area contributed by atoms with Gasteiger partial charge in [0, 0.05) is 49.6 Å². The van der Waals surface area contributed by atoms with Crippen molar-refractivity contribution in [1.82, 2.24) is 4.90 Å². The lowest BCUT2D eigenvalue weighted by Crippen LogP contribution is -2.48. The second-order valence-electron chi connectivity index (χ2n) is 6.84. The van der Waals surface area contributed by atoms with E-state index in [1.54, 1.807) is 6.92 Å². The summed E-state index contributed by atoms with van der Waals surface area (Å²) < 4.78 is 0. The number of carbonyl (C=O) groups excluding carboxylic acids is 2. The SMILES string of the molecule is CC(=O)c1ccc(N2CCN(CC(=O)Nc3ccc([N+](=O)[O-])cc3Cl)CC2)cc1. The molecule has 0 saturated carbocycles. The summed E-state index contributed by atoms with van der Waals surface area (Å²) in [4.78, 5) is 38.2. The molecule has 0 unspecified atom stereocenters. The Morgan fingerprint density at radius 2 is 1.76 bits per heavy atom. The number of amides is 1. The minimum absolute atomic E-state index is 0.0421. The van der Waals surface area contributed by atoms with Gasteiger partial charge >= 0.3 is 0 Å². The van der Waals surface area contributed by atoms with E-state index in [-0.39, 0.29) is 28.9 Å². The van der Waals surface area contributed by atoms with Crippen molar-refractivity contribution in [2.24, 2.45) is 0 Å². The van der Waals surface area contributed by atoms with E-state index in [0.717, 1.165) is 31.9 Å². The quantitative estimate of drug-likeness (QED) is 0.441. The number of Topliss-reactive ketones (excluding diaryl/α,β-unsaturated/α-hetero) is 1. The van der Waals surface area contributed by atoms with Crippen LogP contribution in [0.2, 0.25) is 5.02 Å². The van der Waals surface area contributed by atoms with Crippen LogP contribution in [0.1, 0.15) is 17.3 Å². The van der Waals surface area contributed by atoms with E-state index < -0.39 is 4.92 Å². The summed E-state index contributed by atoms with van der Waals surface area (Å²) in [6.45, 7) is 4.73. The normalized spacial score (nSPS) is 14.5. The highest BCUT2D eigenvalue weighted by Gasteiger charge is 2.20. The van der Waals surface area contributed by atoms with Gasteiger partial charge in [-0.25, -0.2) is 0 Å². The van der Waals surface area contributed by atoms with Gasteiger partial charge in [-0.05, 0) is 37.3 Å². The maximum atomic E-state index is 12.3. The topological polar surface area (TPSA) is 95.8 Å². The number of nitro benzene ring substituents is 1. The zero-order valence-corrected chi connectivity index (χ0v) is 16.7. The van der Waals surface area contributed by atoms with Crippen LogP contribution in [-0.2, 0) is 4.79 Å². The van der Waals surface area contributed by atoms with Gasteiger partial charge in [0.1, 0.15) is 0 Å². The van der Waals surface area contributed by atoms with E-state index in [2.05, 4.69) is 10.2 Å². The van der Waals surface area contributed by atoms with Crippen LogP contribution in [0.15, 0.2) is 42.5 Å². The van der Waals surface area contributed by atoms with E-state index >= 15 is 0 Å². The fraction of sp³-hybridized carbons (Fsp3) is 0.300. The number of benzene rings is 2. The summed E-state index contributed by atoms with van der Waals surface area (Å²) >= 11 is 6.02. The summed E-state index contributed by atoms with van der Waals surface area (Å²) in [6, 6.07) is 11.5. The summed E-state index contributed by atoms with van der Waals surface area (Å²) in [7, 11) is 0. The number of halogens is 1. The van der Waals surface area contributed by atoms with Crippen molar-refractivity contribution in [3.05, 3.63) is 63.2 Å². The number of rotatable bonds is 6. The number of nitrogens with one attached hydrogen (secondary N) is 1. The molecule has 1 aliphatic rings. The predicted molar refractivity (Wildman–Crippen MR) is 112 cm³/mol. The lowest BCUT2D eigenvalue weighted by atomic mass is 10.1. The van der Waals surface area contributed by atoms with Crippen LogP contribution >= 0.6 is 11.6 Å². The predicted octanol–water partition coefficient (Wildman–Crippen LogP) is 3.21. The maximum absolute atomic E-state index is 12.3. The molecule has 1 amide bonds. The minimum Gasteiger partial charge on any atom is -0.369 e. The van der Waals surface area contributed by atoms with E-state index in [1.165, 1.54) is 18.2 Å². The van der Waals surface area contributed by atoms with E-state index in [4.69, 9.17) is 11.6 Å². The van der Waals surface area contributed by atoms with Gasteiger partial charge in [-0.2, -0.15) is 0 Å². The van der Waals surface area contributed by atoms with Gasteiger partial charge in [0.15, 0.2) is 5.78 Å².